The molecule has 0 aromatic carbocycles. The molecule has 0 aromatic rings. The number of hydrogen-bond donors (Lipinski definition) is 1. The van der Waals surface area contributed by atoms with Crippen molar-refractivity contribution in [3.8, 4) is 0 Å². The molecule has 106 valence electrons. The van der Waals surface area contributed by atoms with Gasteiger partial charge in [-0.05, 0) is 39.9 Å². The van der Waals surface area contributed by atoms with E-state index in [1.165, 1.54) is 32.1 Å². The van der Waals surface area contributed by atoms with Crippen molar-refractivity contribution < 1.29 is 9.53 Å². The second-order valence-electron chi connectivity index (χ2n) is 6.14. The van der Waals surface area contributed by atoms with E-state index in [4.69, 9.17) is 4.74 Å². The molecule has 0 amide bonds. The van der Waals surface area contributed by atoms with Gasteiger partial charge in [-0.2, -0.15) is 11.8 Å². The Hall–Kier alpha value is -0.220. The van der Waals surface area contributed by atoms with Gasteiger partial charge >= 0.3 is 5.97 Å². The predicted octanol–water partition coefficient (Wildman–Crippen LogP) is 2.98. The summed E-state index contributed by atoms with van der Waals surface area (Å²) in [6.07, 6.45) is 8.68. The molecule has 0 radical (unpaired) electrons. The maximum absolute atomic E-state index is 11.6. The lowest BCUT2D eigenvalue weighted by molar-refractivity contribution is -0.153. The third kappa shape index (κ3) is 5.61. The number of ether oxygens (including phenoxy) is 1. The predicted molar refractivity (Wildman–Crippen MR) is 78.0 cm³/mol. The van der Waals surface area contributed by atoms with E-state index in [1.807, 2.05) is 32.5 Å². The van der Waals surface area contributed by atoms with E-state index >= 15 is 0 Å². The van der Waals surface area contributed by atoms with Gasteiger partial charge in [-0.25, -0.2) is 0 Å². The number of carbonyl (C=O) groups is 1. The van der Waals surface area contributed by atoms with Crippen LogP contribution in [0.1, 0.15) is 52.9 Å². The zero-order chi connectivity index (χ0) is 13.6. The SMILES string of the molecule is CSC1(CNCC(=O)OC(C)(C)C)CCCCC1. The molecule has 3 nitrogen and oxygen atoms in total. The fraction of sp³-hybridized carbons (Fsp3) is 0.929. The number of nitrogens with one attached hydrogen (secondary N) is 1. The van der Waals surface area contributed by atoms with E-state index in [-0.39, 0.29) is 11.6 Å². The monoisotopic (exact) mass is 273 g/mol. The minimum Gasteiger partial charge on any atom is -0.459 e. The van der Waals surface area contributed by atoms with Gasteiger partial charge in [0.1, 0.15) is 5.60 Å². The molecule has 1 rings (SSSR count). The highest BCUT2D eigenvalue weighted by Crippen LogP contribution is 2.37. The van der Waals surface area contributed by atoms with Crippen molar-refractivity contribution in [1.29, 1.82) is 0 Å². The molecular weight excluding hydrogens is 246 g/mol. The van der Waals surface area contributed by atoms with Gasteiger partial charge in [0.05, 0.1) is 6.54 Å². The summed E-state index contributed by atoms with van der Waals surface area (Å²) in [4.78, 5) is 11.6. The molecule has 1 saturated carbocycles. The maximum Gasteiger partial charge on any atom is 0.320 e. The standard InChI is InChI=1S/C14H27NO2S/c1-13(2,3)17-12(16)10-15-11-14(18-4)8-6-5-7-9-14/h15H,5-11H2,1-4H3. The van der Waals surface area contributed by atoms with Gasteiger partial charge < -0.3 is 10.1 Å². The highest BCUT2D eigenvalue weighted by molar-refractivity contribution is 8.00. The maximum atomic E-state index is 11.6. The second kappa shape index (κ2) is 6.80. The highest BCUT2D eigenvalue weighted by Gasteiger charge is 2.30. The molecule has 0 aromatic heterocycles. The number of thioether (sulfide) groups is 1. The molecule has 18 heavy (non-hydrogen) atoms. The van der Waals surface area contributed by atoms with Gasteiger partial charge in [-0.1, -0.05) is 19.3 Å². The summed E-state index contributed by atoms with van der Waals surface area (Å²) in [5.41, 5.74) is -0.388. The van der Waals surface area contributed by atoms with E-state index in [2.05, 4.69) is 11.6 Å². The van der Waals surface area contributed by atoms with E-state index in [0.29, 0.717) is 11.3 Å². The third-order valence-corrected chi connectivity index (χ3v) is 4.75. The Morgan fingerprint density at radius 3 is 2.39 bits per heavy atom. The zero-order valence-electron chi connectivity index (χ0n) is 12.2. The van der Waals surface area contributed by atoms with Crippen molar-refractivity contribution in [1.82, 2.24) is 5.32 Å². The quantitative estimate of drug-likeness (QED) is 0.782. The van der Waals surface area contributed by atoms with Crippen LogP contribution in [-0.2, 0) is 9.53 Å². The summed E-state index contributed by atoms with van der Waals surface area (Å²) in [6, 6.07) is 0. The smallest absolute Gasteiger partial charge is 0.320 e. The Balaban J connectivity index is 2.29. The Morgan fingerprint density at radius 1 is 1.28 bits per heavy atom. The van der Waals surface area contributed by atoms with Crippen molar-refractivity contribution >= 4 is 17.7 Å². The Bertz CT molecular complexity index is 267. The summed E-state index contributed by atoms with van der Waals surface area (Å²) in [5.74, 6) is -0.158. The number of carbonyl (C=O) groups excluding carboxylic acids is 1. The van der Waals surface area contributed by atoms with Gasteiger partial charge in [0.15, 0.2) is 0 Å². The molecule has 1 aliphatic rings. The highest BCUT2D eigenvalue weighted by atomic mass is 32.2. The summed E-state index contributed by atoms with van der Waals surface area (Å²) in [6.45, 7) is 6.92. The van der Waals surface area contributed by atoms with Crippen LogP contribution < -0.4 is 5.32 Å². The van der Waals surface area contributed by atoms with Crippen LogP contribution in [0.5, 0.6) is 0 Å². The number of esters is 1. The van der Waals surface area contributed by atoms with Gasteiger partial charge in [0.2, 0.25) is 0 Å². The minimum absolute atomic E-state index is 0.158. The summed E-state index contributed by atoms with van der Waals surface area (Å²) >= 11 is 1.94. The molecule has 0 bridgehead atoms. The van der Waals surface area contributed by atoms with E-state index in [9.17, 15) is 4.79 Å². The van der Waals surface area contributed by atoms with Crippen LogP contribution in [0.15, 0.2) is 0 Å². The molecule has 1 N–H and O–H groups in total. The van der Waals surface area contributed by atoms with Crippen molar-refractivity contribution in [3.63, 3.8) is 0 Å². The fourth-order valence-corrected chi connectivity index (χ4v) is 3.36. The lowest BCUT2D eigenvalue weighted by Crippen LogP contribution is -2.42. The van der Waals surface area contributed by atoms with Crippen molar-refractivity contribution in [2.24, 2.45) is 0 Å². The zero-order valence-corrected chi connectivity index (χ0v) is 13.0. The Morgan fingerprint density at radius 2 is 1.89 bits per heavy atom. The lowest BCUT2D eigenvalue weighted by atomic mass is 9.88. The first-order valence-corrected chi connectivity index (χ1v) is 8.07. The van der Waals surface area contributed by atoms with Gasteiger partial charge in [0.25, 0.3) is 0 Å². The molecule has 1 aliphatic carbocycles. The minimum atomic E-state index is -0.388. The van der Waals surface area contributed by atoms with Crippen LogP contribution in [0, 0.1) is 0 Å². The normalized spacial score (nSPS) is 19.6. The first-order valence-electron chi connectivity index (χ1n) is 6.85. The van der Waals surface area contributed by atoms with Crippen LogP contribution in [0.3, 0.4) is 0 Å². The average molecular weight is 273 g/mol. The van der Waals surface area contributed by atoms with Gasteiger partial charge in [0, 0.05) is 11.3 Å². The average Bonchev–Trinajstić information content (AvgIpc) is 2.28. The lowest BCUT2D eigenvalue weighted by Gasteiger charge is -2.36. The number of hydrogen-bond acceptors (Lipinski definition) is 4. The van der Waals surface area contributed by atoms with E-state index in [0.717, 1.165) is 6.54 Å². The van der Waals surface area contributed by atoms with E-state index in [1.54, 1.807) is 0 Å². The van der Waals surface area contributed by atoms with E-state index < -0.39 is 0 Å². The van der Waals surface area contributed by atoms with Gasteiger partial charge in [-0.3, -0.25) is 4.79 Å². The molecule has 0 atom stereocenters. The first kappa shape index (κ1) is 15.8. The second-order valence-corrected chi connectivity index (χ2v) is 7.41. The molecule has 1 fully saturated rings. The molecule has 0 heterocycles. The Labute approximate surface area is 115 Å². The molecule has 0 aliphatic heterocycles. The molecular formula is C14H27NO2S. The van der Waals surface area contributed by atoms with Gasteiger partial charge in [-0.15, -0.1) is 0 Å². The third-order valence-electron chi connectivity index (χ3n) is 3.33. The summed E-state index contributed by atoms with van der Waals surface area (Å²) in [7, 11) is 0. The fourth-order valence-electron chi connectivity index (χ4n) is 2.42. The summed E-state index contributed by atoms with van der Waals surface area (Å²) in [5, 5.41) is 3.27. The number of rotatable bonds is 5. The van der Waals surface area contributed by atoms with Crippen LogP contribution in [0.25, 0.3) is 0 Å². The molecule has 0 unspecified atom stereocenters. The molecule has 4 heteroatoms. The van der Waals surface area contributed by atoms with Crippen molar-refractivity contribution in [2.75, 3.05) is 19.3 Å². The van der Waals surface area contributed by atoms with Crippen LogP contribution in [0.4, 0.5) is 0 Å². The molecule has 0 saturated heterocycles. The van der Waals surface area contributed by atoms with Crippen LogP contribution >= 0.6 is 11.8 Å². The largest absolute Gasteiger partial charge is 0.459 e. The first-order chi connectivity index (χ1) is 8.37. The topological polar surface area (TPSA) is 38.3 Å². The van der Waals surface area contributed by atoms with Crippen LogP contribution in [-0.4, -0.2) is 35.7 Å². The molecule has 0 spiro atoms. The van der Waals surface area contributed by atoms with Crippen LogP contribution in [0.2, 0.25) is 0 Å². The van der Waals surface area contributed by atoms with Crippen molar-refractivity contribution in [2.45, 2.75) is 63.2 Å². The Kier molecular flexibility index (Phi) is 5.99. The summed E-state index contributed by atoms with van der Waals surface area (Å²) < 4.78 is 5.62. The van der Waals surface area contributed by atoms with Crippen molar-refractivity contribution in [3.05, 3.63) is 0 Å².